The second kappa shape index (κ2) is 4.76. The van der Waals surface area contributed by atoms with Gasteiger partial charge >= 0.3 is 5.69 Å². The van der Waals surface area contributed by atoms with Crippen molar-refractivity contribution in [2.75, 3.05) is 0 Å². The summed E-state index contributed by atoms with van der Waals surface area (Å²) in [4.78, 5) is 10.2. The van der Waals surface area contributed by atoms with Crippen LogP contribution in [0.1, 0.15) is 23.6 Å². The van der Waals surface area contributed by atoms with Crippen LogP contribution in [0.4, 0.5) is 5.69 Å². The first kappa shape index (κ1) is 12.2. The maximum absolute atomic E-state index is 10.8. The summed E-state index contributed by atoms with van der Waals surface area (Å²) in [6, 6.07) is 2.71. The van der Waals surface area contributed by atoms with Crippen molar-refractivity contribution < 1.29 is 10.0 Å². The van der Waals surface area contributed by atoms with Crippen LogP contribution in [-0.4, -0.2) is 10.0 Å². The van der Waals surface area contributed by atoms with Crippen LogP contribution in [0.5, 0.6) is 5.75 Å². The summed E-state index contributed by atoms with van der Waals surface area (Å²) in [5.74, 6) is -0.348. The van der Waals surface area contributed by atoms with Gasteiger partial charge in [-0.25, -0.2) is 0 Å². The molecule has 3 N–H and O–H groups in total. The van der Waals surface area contributed by atoms with Gasteiger partial charge in [-0.05, 0) is 13.3 Å². The van der Waals surface area contributed by atoms with Gasteiger partial charge in [-0.2, -0.15) is 0 Å². The Hall–Kier alpha value is -1.88. The average molecular weight is 222 g/mol. The first-order valence-corrected chi connectivity index (χ1v) is 4.82. The van der Waals surface area contributed by atoms with Crippen LogP contribution < -0.4 is 5.73 Å². The highest BCUT2D eigenvalue weighted by Crippen LogP contribution is 2.36. The number of nitrogens with two attached hydrogens (primary N) is 1. The number of phenolic OH excluding ortho intramolecular Hbond substituents is 1. The Balaban J connectivity index is 3.28. The highest BCUT2D eigenvalue weighted by atomic mass is 16.6. The third-order valence-corrected chi connectivity index (χ3v) is 2.39. The lowest BCUT2D eigenvalue weighted by atomic mass is 10.0. The van der Waals surface area contributed by atoms with Crippen molar-refractivity contribution in [3.05, 3.63) is 46.0 Å². The molecule has 86 valence electrons. The topological polar surface area (TPSA) is 89.4 Å². The van der Waals surface area contributed by atoms with Crippen molar-refractivity contribution >= 4 is 5.69 Å². The summed E-state index contributed by atoms with van der Waals surface area (Å²) in [7, 11) is 0. The van der Waals surface area contributed by atoms with Crippen LogP contribution in [0.3, 0.4) is 0 Å². The van der Waals surface area contributed by atoms with E-state index in [1.807, 2.05) is 0 Å². The van der Waals surface area contributed by atoms with E-state index in [4.69, 9.17) is 5.73 Å². The second-order valence-electron chi connectivity index (χ2n) is 3.56. The van der Waals surface area contributed by atoms with E-state index in [1.54, 1.807) is 25.1 Å². The van der Waals surface area contributed by atoms with Gasteiger partial charge in [-0.15, -0.1) is 6.58 Å². The van der Waals surface area contributed by atoms with Gasteiger partial charge < -0.3 is 10.8 Å². The van der Waals surface area contributed by atoms with E-state index in [9.17, 15) is 15.2 Å². The van der Waals surface area contributed by atoms with Crippen molar-refractivity contribution in [2.24, 2.45) is 5.73 Å². The highest BCUT2D eigenvalue weighted by molar-refractivity contribution is 5.56. The number of aryl methyl sites for hydroxylation is 1. The van der Waals surface area contributed by atoms with Crippen LogP contribution in [0.15, 0.2) is 24.8 Å². The molecule has 0 amide bonds. The zero-order valence-electron chi connectivity index (χ0n) is 9.01. The molecule has 0 aromatic heterocycles. The maximum atomic E-state index is 10.8. The van der Waals surface area contributed by atoms with Gasteiger partial charge in [0.15, 0.2) is 5.75 Å². The van der Waals surface area contributed by atoms with E-state index in [-0.39, 0.29) is 11.4 Å². The largest absolute Gasteiger partial charge is 0.502 e. The van der Waals surface area contributed by atoms with Crippen LogP contribution in [0, 0.1) is 17.0 Å². The standard InChI is InChI=1S/C11H14N2O3/c1-3-4-9(12)8-6-5-7(2)10(11(8)14)13(15)16/h3,5-6,9,14H,1,4,12H2,2H3/t9-/m1/s1. The quantitative estimate of drug-likeness (QED) is 0.464. The van der Waals surface area contributed by atoms with Crippen molar-refractivity contribution in [3.8, 4) is 5.75 Å². The van der Waals surface area contributed by atoms with Crippen LogP contribution in [-0.2, 0) is 0 Å². The number of nitrogens with zero attached hydrogens (tertiary/aromatic N) is 1. The number of aromatic hydroxyl groups is 1. The average Bonchev–Trinajstić information content (AvgIpc) is 2.17. The van der Waals surface area contributed by atoms with E-state index in [0.717, 1.165) is 0 Å². The highest BCUT2D eigenvalue weighted by Gasteiger charge is 2.22. The predicted molar refractivity (Wildman–Crippen MR) is 61.2 cm³/mol. The molecule has 0 heterocycles. The number of nitro groups is 1. The van der Waals surface area contributed by atoms with Crippen LogP contribution >= 0.6 is 0 Å². The van der Waals surface area contributed by atoms with Crippen molar-refractivity contribution in [3.63, 3.8) is 0 Å². The van der Waals surface area contributed by atoms with E-state index in [2.05, 4.69) is 6.58 Å². The molecule has 0 bridgehead atoms. The summed E-state index contributed by atoms with van der Waals surface area (Å²) >= 11 is 0. The Bertz CT molecular complexity index is 429. The Morgan fingerprint density at radius 3 is 2.81 bits per heavy atom. The molecule has 1 rings (SSSR count). The number of hydrogen-bond acceptors (Lipinski definition) is 4. The fourth-order valence-corrected chi connectivity index (χ4v) is 1.53. The first-order valence-electron chi connectivity index (χ1n) is 4.82. The molecule has 5 heteroatoms. The Morgan fingerprint density at radius 1 is 1.69 bits per heavy atom. The van der Waals surface area contributed by atoms with Gasteiger partial charge in [0.25, 0.3) is 0 Å². The number of phenols is 1. The molecule has 1 aromatic carbocycles. The zero-order chi connectivity index (χ0) is 12.3. The van der Waals surface area contributed by atoms with Crippen molar-refractivity contribution in [1.82, 2.24) is 0 Å². The molecule has 0 aliphatic heterocycles. The Kier molecular flexibility index (Phi) is 3.63. The van der Waals surface area contributed by atoms with Gasteiger partial charge in [-0.1, -0.05) is 18.2 Å². The molecular formula is C11H14N2O3. The molecule has 16 heavy (non-hydrogen) atoms. The molecule has 0 aliphatic rings. The van der Waals surface area contributed by atoms with E-state index >= 15 is 0 Å². The SMILES string of the molecule is C=CC[C@@H](N)c1ccc(C)c([N+](=O)[O-])c1O. The number of hydrogen-bond donors (Lipinski definition) is 2. The molecule has 0 radical (unpaired) electrons. The summed E-state index contributed by atoms with van der Waals surface area (Å²) in [6.45, 7) is 5.11. The molecule has 5 nitrogen and oxygen atoms in total. The molecule has 0 fully saturated rings. The molecule has 1 aromatic rings. The first-order chi connectivity index (χ1) is 7.49. The Labute approximate surface area is 93.4 Å². The molecule has 1 atom stereocenters. The lowest BCUT2D eigenvalue weighted by Gasteiger charge is -2.12. The summed E-state index contributed by atoms with van der Waals surface area (Å²) in [5, 5.41) is 20.5. The number of benzene rings is 1. The normalized spacial score (nSPS) is 12.1. The van der Waals surface area contributed by atoms with Crippen LogP contribution in [0.2, 0.25) is 0 Å². The monoisotopic (exact) mass is 222 g/mol. The molecule has 0 aliphatic carbocycles. The number of nitro benzene ring substituents is 1. The minimum Gasteiger partial charge on any atom is -0.502 e. The van der Waals surface area contributed by atoms with E-state index in [1.165, 1.54) is 0 Å². The Morgan fingerprint density at radius 2 is 2.31 bits per heavy atom. The molecule has 0 saturated carbocycles. The van der Waals surface area contributed by atoms with Gasteiger partial charge in [0.05, 0.1) is 4.92 Å². The fraction of sp³-hybridized carbons (Fsp3) is 0.273. The summed E-state index contributed by atoms with van der Waals surface area (Å²) < 4.78 is 0. The van der Waals surface area contributed by atoms with E-state index in [0.29, 0.717) is 17.5 Å². The second-order valence-corrected chi connectivity index (χ2v) is 3.56. The van der Waals surface area contributed by atoms with Crippen molar-refractivity contribution in [1.29, 1.82) is 0 Å². The third kappa shape index (κ3) is 2.20. The summed E-state index contributed by atoms with van der Waals surface area (Å²) in [5.41, 5.74) is 6.28. The molecule has 0 saturated heterocycles. The van der Waals surface area contributed by atoms with Gasteiger partial charge in [0.2, 0.25) is 0 Å². The third-order valence-electron chi connectivity index (χ3n) is 2.39. The minimum atomic E-state index is -0.602. The lowest BCUT2D eigenvalue weighted by molar-refractivity contribution is -0.386. The van der Waals surface area contributed by atoms with Gasteiger partial charge in [0.1, 0.15) is 0 Å². The zero-order valence-corrected chi connectivity index (χ0v) is 9.01. The van der Waals surface area contributed by atoms with Crippen molar-refractivity contribution in [2.45, 2.75) is 19.4 Å². The van der Waals surface area contributed by atoms with E-state index < -0.39 is 11.0 Å². The lowest BCUT2D eigenvalue weighted by Crippen LogP contribution is -2.10. The minimum absolute atomic E-state index is 0.281. The smallest absolute Gasteiger partial charge is 0.313 e. The predicted octanol–water partition coefficient (Wildman–Crippen LogP) is 2.18. The van der Waals surface area contributed by atoms with Gasteiger partial charge in [0, 0.05) is 17.2 Å². The molecular weight excluding hydrogens is 208 g/mol. The molecule has 0 unspecified atom stereocenters. The summed E-state index contributed by atoms with van der Waals surface area (Å²) in [6.07, 6.45) is 2.06. The van der Waals surface area contributed by atoms with Gasteiger partial charge in [-0.3, -0.25) is 10.1 Å². The molecule has 0 spiro atoms. The van der Waals surface area contributed by atoms with Crippen LogP contribution in [0.25, 0.3) is 0 Å². The number of rotatable bonds is 4. The fourth-order valence-electron chi connectivity index (χ4n) is 1.53. The maximum Gasteiger partial charge on any atom is 0.313 e.